The predicted octanol–water partition coefficient (Wildman–Crippen LogP) is 3.56. The fourth-order valence-electron chi connectivity index (χ4n) is 4.02. The maximum atomic E-state index is 13.2. The first-order valence-electron chi connectivity index (χ1n) is 11.0. The number of likely N-dealkylation sites (tertiary alicyclic amines) is 1. The molecular weight excluding hydrogens is 430 g/mol. The van der Waals surface area contributed by atoms with Crippen molar-refractivity contribution in [2.45, 2.75) is 57.9 Å². The van der Waals surface area contributed by atoms with Gasteiger partial charge in [-0.05, 0) is 68.5 Å². The highest BCUT2D eigenvalue weighted by molar-refractivity contribution is 7.89. The molecule has 2 amide bonds. The van der Waals surface area contributed by atoms with Crippen LogP contribution >= 0.6 is 0 Å². The minimum absolute atomic E-state index is 0.145. The highest BCUT2D eigenvalue weighted by Gasteiger charge is 2.34. The van der Waals surface area contributed by atoms with Gasteiger partial charge in [-0.25, -0.2) is 8.42 Å². The van der Waals surface area contributed by atoms with Gasteiger partial charge in [0.25, 0.3) is 5.91 Å². The quantitative estimate of drug-likeness (QED) is 0.680. The second-order valence-corrected chi connectivity index (χ2v) is 9.92. The van der Waals surface area contributed by atoms with Crippen LogP contribution in [0.3, 0.4) is 0 Å². The summed E-state index contributed by atoms with van der Waals surface area (Å²) < 4.78 is 32.7. The van der Waals surface area contributed by atoms with Gasteiger partial charge in [0.1, 0.15) is 6.04 Å². The molecule has 0 aliphatic carbocycles. The van der Waals surface area contributed by atoms with E-state index in [1.165, 1.54) is 21.5 Å². The molecule has 0 saturated carbocycles. The molecule has 1 unspecified atom stereocenters. The fraction of sp³-hybridized carbons (Fsp3) is 0.478. The number of carbonyl (C=O) groups is 2. The van der Waals surface area contributed by atoms with E-state index in [1.807, 2.05) is 13.8 Å². The summed E-state index contributed by atoms with van der Waals surface area (Å²) in [7, 11) is -3.67. The van der Waals surface area contributed by atoms with Crippen LogP contribution in [0.25, 0.3) is 0 Å². The van der Waals surface area contributed by atoms with Gasteiger partial charge in [-0.3, -0.25) is 9.59 Å². The summed E-state index contributed by atoms with van der Waals surface area (Å²) in [4.78, 5) is 27.8. The van der Waals surface area contributed by atoms with Gasteiger partial charge in [0.05, 0.1) is 11.2 Å². The number of nitrogens with zero attached hydrogens (tertiary/aromatic N) is 2. The number of anilines is 1. The van der Waals surface area contributed by atoms with Gasteiger partial charge < -0.3 is 14.6 Å². The predicted molar refractivity (Wildman–Crippen MR) is 122 cm³/mol. The first kappa shape index (κ1) is 24.0. The lowest BCUT2D eigenvalue weighted by Gasteiger charge is -2.34. The number of piperidine rings is 1. The second-order valence-electron chi connectivity index (χ2n) is 7.98. The summed E-state index contributed by atoms with van der Waals surface area (Å²) in [5.41, 5.74) is 1.99. The molecule has 8 nitrogen and oxygen atoms in total. The molecule has 0 radical (unpaired) electrons. The molecule has 0 spiro atoms. The van der Waals surface area contributed by atoms with Gasteiger partial charge in [-0.15, -0.1) is 0 Å². The van der Waals surface area contributed by atoms with Crippen LogP contribution in [0.2, 0.25) is 0 Å². The van der Waals surface area contributed by atoms with Gasteiger partial charge in [-0.2, -0.15) is 4.31 Å². The van der Waals surface area contributed by atoms with Crippen LogP contribution in [-0.2, 0) is 14.8 Å². The Kier molecular flexibility index (Phi) is 7.40. The van der Waals surface area contributed by atoms with Crippen LogP contribution in [-0.4, -0.2) is 55.1 Å². The van der Waals surface area contributed by atoms with Crippen LogP contribution in [0.5, 0.6) is 0 Å². The molecule has 32 heavy (non-hydrogen) atoms. The molecule has 0 bridgehead atoms. The van der Waals surface area contributed by atoms with Crippen molar-refractivity contribution in [3.63, 3.8) is 0 Å². The number of hydrogen-bond donors (Lipinski definition) is 1. The van der Waals surface area contributed by atoms with Crippen LogP contribution < -0.4 is 5.32 Å². The van der Waals surface area contributed by atoms with E-state index >= 15 is 0 Å². The maximum Gasteiger partial charge on any atom is 0.290 e. The van der Waals surface area contributed by atoms with Gasteiger partial charge in [-0.1, -0.05) is 13.8 Å². The van der Waals surface area contributed by atoms with Crippen molar-refractivity contribution in [2.75, 3.05) is 25.0 Å². The Labute approximate surface area is 189 Å². The zero-order chi connectivity index (χ0) is 23.5. The van der Waals surface area contributed by atoms with E-state index in [2.05, 4.69) is 5.32 Å². The summed E-state index contributed by atoms with van der Waals surface area (Å²) in [6, 6.07) is 5.71. The Bertz CT molecular complexity index is 1080. The van der Waals surface area contributed by atoms with Crippen molar-refractivity contribution in [3.8, 4) is 0 Å². The first-order valence-corrected chi connectivity index (χ1v) is 12.4. The third kappa shape index (κ3) is 4.73. The topological polar surface area (TPSA) is 99.9 Å². The number of sulfonamides is 1. The highest BCUT2D eigenvalue weighted by Crippen LogP contribution is 2.28. The van der Waals surface area contributed by atoms with Crippen LogP contribution in [0.1, 0.15) is 54.8 Å². The summed E-state index contributed by atoms with van der Waals surface area (Å²) in [6.45, 7) is 8.42. The maximum absolute atomic E-state index is 13.2. The molecule has 2 aromatic rings. The number of benzene rings is 1. The number of amides is 2. The number of carbonyl (C=O) groups excluding carboxylic acids is 2. The van der Waals surface area contributed by atoms with E-state index < -0.39 is 16.1 Å². The lowest BCUT2D eigenvalue weighted by molar-refractivity contribution is -0.121. The summed E-state index contributed by atoms with van der Waals surface area (Å²) in [5, 5.41) is 2.89. The van der Waals surface area contributed by atoms with Crippen molar-refractivity contribution < 1.29 is 22.4 Å². The van der Waals surface area contributed by atoms with Crippen molar-refractivity contribution in [3.05, 3.63) is 47.4 Å². The third-order valence-electron chi connectivity index (χ3n) is 6.04. The van der Waals surface area contributed by atoms with Crippen LogP contribution in [0.4, 0.5) is 5.69 Å². The number of nitrogens with one attached hydrogen (secondary N) is 1. The summed E-state index contributed by atoms with van der Waals surface area (Å²) in [6.07, 6.45) is 3.61. The van der Waals surface area contributed by atoms with Crippen molar-refractivity contribution in [2.24, 2.45) is 0 Å². The lowest BCUT2D eigenvalue weighted by Crippen LogP contribution is -2.50. The molecule has 1 aromatic heterocycles. The Balaban J connectivity index is 1.89. The minimum atomic E-state index is -3.67. The van der Waals surface area contributed by atoms with Gasteiger partial charge >= 0.3 is 0 Å². The van der Waals surface area contributed by atoms with Gasteiger partial charge in [0, 0.05) is 25.3 Å². The van der Waals surface area contributed by atoms with Crippen LogP contribution in [0.15, 0.2) is 39.8 Å². The summed E-state index contributed by atoms with van der Waals surface area (Å²) >= 11 is 0. The molecule has 2 heterocycles. The standard InChI is InChI=1S/C23H31N3O5S/c1-5-25(6-2)32(29,30)18-14-16(3)17(4)19(15-18)24-22(27)20-10-7-8-12-26(20)23(28)21-11-9-13-31-21/h9,11,13-15,20H,5-8,10,12H2,1-4H3,(H,24,27). The zero-order valence-electron chi connectivity index (χ0n) is 19.1. The second kappa shape index (κ2) is 9.87. The normalized spacial score (nSPS) is 16.9. The Morgan fingerprint density at radius 2 is 1.91 bits per heavy atom. The fourth-order valence-corrected chi connectivity index (χ4v) is 5.59. The molecular formula is C23H31N3O5S. The Morgan fingerprint density at radius 1 is 1.19 bits per heavy atom. The first-order chi connectivity index (χ1) is 15.2. The number of rotatable bonds is 7. The van der Waals surface area contributed by atoms with Crippen molar-refractivity contribution in [1.82, 2.24) is 9.21 Å². The summed E-state index contributed by atoms with van der Waals surface area (Å²) in [5.74, 6) is -0.450. The Hall–Kier alpha value is -2.65. The van der Waals surface area contributed by atoms with E-state index in [0.717, 1.165) is 24.0 Å². The van der Waals surface area contributed by atoms with Gasteiger partial charge in [0.15, 0.2) is 5.76 Å². The lowest BCUT2D eigenvalue weighted by atomic mass is 10.00. The average molecular weight is 462 g/mol. The molecule has 1 saturated heterocycles. The number of aryl methyl sites for hydroxylation is 1. The van der Waals surface area contributed by atoms with E-state index in [9.17, 15) is 18.0 Å². The number of hydrogen-bond acceptors (Lipinski definition) is 5. The molecule has 174 valence electrons. The van der Waals surface area contributed by atoms with E-state index in [4.69, 9.17) is 4.42 Å². The molecule has 1 aromatic carbocycles. The minimum Gasteiger partial charge on any atom is -0.459 e. The smallest absolute Gasteiger partial charge is 0.290 e. The Morgan fingerprint density at radius 3 is 2.53 bits per heavy atom. The van der Waals surface area contributed by atoms with Crippen LogP contribution in [0, 0.1) is 13.8 Å². The van der Waals surface area contributed by atoms with Gasteiger partial charge in [0.2, 0.25) is 15.9 Å². The molecule has 1 aliphatic heterocycles. The molecule has 9 heteroatoms. The van der Waals surface area contributed by atoms with Crippen molar-refractivity contribution in [1.29, 1.82) is 0 Å². The molecule has 3 rings (SSSR count). The van der Waals surface area contributed by atoms with E-state index in [0.29, 0.717) is 31.7 Å². The molecule has 1 atom stereocenters. The zero-order valence-corrected chi connectivity index (χ0v) is 19.9. The third-order valence-corrected chi connectivity index (χ3v) is 8.07. The average Bonchev–Trinajstić information content (AvgIpc) is 3.31. The highest BCUT2D eigenvalue weighted by atomic mass is 32.2. The number of furan rings is 1. The molecule has 1 fully saturated rings. The van der Waals surface area contributed by atoms with E-state index in [-0.39, 0.29) is 22.5 Å². The van der Waals surface area contributed by atoms with E-state index in [1.54, 1.807) is 32.0 Å². The SMILES string of the molecule is CCN(CC)S(=O)(=O)c1cc(C)c(C)c(NC(=O)C2CCCCN2C(=O)c2ccco2)c1. The molecule has 1 aliphatic rings. The monoisotopic (exact) mass is 461 g/mol. The largest absolute Gasteiger partial charge is 0.459 e. The van der Waals surface area contributed by atoms with Crippen molar-refractivity contribution >= 4 is 27.5 Å². The molecule has 1 N–H and O–H groups in total.